The number of para-hydroxylation sites is 2. The summed E-state index contributed by atoms with van der Waals surface area (Å²) < 4.78 is 6.46. The summed E-state index contributed by atoms with van der Waals surface area (Å²) in [6.07, 6.45) is 0. The van der Waals surface area contributed by atoms with Crippen molar-refractivity contribution in [2.75, 3.05) is 9.80 Å². The van der Waals surface area contributed by atoms with E-state index >= 15 is 0 Å². The van der Waals surface area contributed by atoms with Gasteiger partial charge in [0.25, 0.3) is 0 Å². The van der Waals surface area contributed by atoms with Crippen molar-refractivity contribution in [1.29, 1.82) is 0 Å². The Hall–Kier alpha value is -9.18. The molecule has 73 heavy (non-hydrogen) atoms. The molecular formula is C70H50N2O. The molecule has 2 aliphatic rings. The number of hydrogen-bond acceptors (Lipinski definition) is 3. The Morgan fingerprint density at radius 1 is 0.315 bits per heavy atom. The van der Waals surface area contributed by atoms with Gasteiger partial charge in [0, 0.05) is 50.1 Å². The molecule has 1 aromatic heterocycles. The molecule has 0 spiro atoms. The third-order valence-corrected chi connectivity index (χ3v) is 15.7. The SMILES string of the molecule is CC1(C)c2ccccc2-c2c(N(c3cccc(N(c4cccc(C5(c6ccccc6)c6ccccc6-c6ccccc65)c4)c4ccc5oc6ccccc6c5c4)c3)c3ccccc3-c3ccccc3)cccc21. The molecule has 0 saturated heterocycles. The zero-order chi connectivity index (χ0) is 48.7. The molecule has 11 aromatic carbocycles. The number of fused-ring (bicyclic) bond motifs is 9. The summed E-state index contributed by atoms with van der Waals surface area (Å²) in [5, 5.41) is 2.16. The van der Waals surface area contributed by atoms with Crippen LogP contribution in [0.4, 0.5) is 34.1 Å². The summed E-state index contributed by atoms with van der Waals surface area (Å²) in [6.45, 7) is 4.72. The number of anilines is 6. The first-order chi connectivity index (χ1) is 36.0. The van der Waals surface area contributed by atoms with Gasteiger partial charge in [-0.1, -0.05) is 214 Å². The third kappa shape index (κ3) is 6.52. The Morgan fingerprint density at radius 2 is 0.822 bits per heavy atom. The fraction of sp³-hybridized carbons (Fsp3) is 0.0571. The minimum absolute atomic E-state index is 0.177. The van der Waals surface area contributed by atoms with Crippen LogP contribution in [0.25, 0.3) is 55.3 Å². The van der Waals surface area contributed by atoms with Crippen LogP contribution in [-0.4, -0.2) is 0 Å². The highest BCUT2D eigenvalue weighted by Gasteiger charge is 2.46. The first kappa shape index (κ1) is 42.7. The van der Waals surface area contributed by atoms with Crippen molar-refractivity contribution in [3.63, 3.8) is 0 Å². The Kier molecular flexibility index (Phi) is 9.78. The minimum atomic E-state index is -0.571. The van der Waals surface area contributed by atoms with Gasteiger partial charge < -0.3 is 14.2 Å². The van der Waals surface area contributed by atoms with Gasteiger partial charge in [0.1, 0.15) is 11.2 Å². The first-order valence-electron chi connectivity index (χ1n) is 25.3. The molecule has 0 bridgehead atoms. The van der Waals surface area contributed by atoms with Gasteiger partial charge >= 0.3 is 0 Å². The van der Waals surface area contributed by atoms with Crippen molar-refractivity contribution in [3.8, 4) is 33.4 Å². The first-order valence-corrected chi connectivity index (χ1v) is 25.3. The van der Waals surface area contributed by atoms with E-state index in [1.807, 2.05) is 6.07 Å². The van der Waals surface area contributed by atoms with Crippen molar-refractivity contribution in [1.82, 2.24) is 0 Å². The van der Waals surface area contributed by atoms with Gasteiger partial charge in [-0.3, -0.25) is 0 Å². The van der Waals surface area contributed by atoms with Crippen LogP contribution in [0.5, 0.6) is 0 Å². The molecule has 14 rings (SSSR count). The number of furan rings is 1. The van der Waals surface area contributed by atoms with Gasteiger partial charge in [-0.15, -0.1) is 0 Å². The van der Waals surface area contributed by atoms with Crippen LogP contribution in [0.3, 0.4) is 0 Å². The van der Waals surface area contributed by atoms with E-state index in [1.165, 1.54) is 55.6 Å². The molecule has 346 valence electrons. The molecule has 0 aliphatic heterocycles. The maximum Gasteiger partial charge on any atom is 0.135 e. The fourth-order valence-corrected chi connectivity index (χ4v) is 12.5. The smallest absolute Gasteiger partial charge is 0.135 e. The Morgan fingerprint density at radius 3 is 1.58 bits per heavy atom. The van der Waals surface area contributed by atoms with E-state index in [9.17, 15) is 0 Å². The summed E-state index contributed by atoms with van der Waals surface area (Å²) >= 11 is 0. The predicted octanol–water partition coefficient (Wildman–Crippen LogP) is 18.9. The monoisotopic (exact) mass is 934 g/mol. The average molecular weight is 935 g/mol. The normalized spacial score (nSPS) is 13.6. The molecule has 0 amide bonds. The Balaban J connectivity index is 1.02. The third-order valence-electron chi connectivity index (χ3n) is 15.7. The second-order valence-corrected chi connectivity index (χ2v) is 20.0. The maximum absolute atomic E-state index is 6.46. The zero-order valence-electron chi connectivity index (χ0n) is 40.7. The van der Waals surface area contributed by atoms with E-state index in [0.29, 0.717) is 0 Å². The molecule has 1 heterocycles. The van der Waals surface area contributed by atoms with Crippen molar-refractivity contribution in [2.45, 2.75) is 24.7 Å². The van der Waals surface area contributed by atoms with E-state index < -0.39 is 5.41 Å². The highest BCUT2D eigenvalue weighted by molar-refractivity contribution is 6.07. The topological polar surface area (TPSA) is 19.6 Å². The number of benzene rings is 11. The second kappa shape index (κ2) is 16.7. The van der Waals surface area contributed by atoms with Gasteiger partial charge in [-0.05, 0) is 122 Å². The maximum atomic E-state index is 6.46. The summed E-state index contributed by atoms with van der Waals surface area (Å²) in [6, 6.07) is 97.9. The van der Waals surface area contributed by atoms with Crippen molar-refractivity contribution in [3.05, 3.63) is 300 Å². The standard InChI is InChI=1S/C70H50N2O/c1-69(2)60-35-14-11-34-58(60)68-63(69)38-21-40-65(68)72(64-39-17-12-30-54(64)47-22-5-3-6-23-47)52-29-20-28-51(45-52)71(53-42-43-67-59(46-53)57-33-13-18-41-66(57)73-67)50-27-19-26-49(44-50)70(48-24-7-4-8-25-48)61-36-15-9-31-55(61)56-32-10-16-37-62(56)70/h3-46H,1-2H3. The highest BCUT2D eigenvalue weighted by atomic mass is 16.3. The molecule has 0 unspecified atom stereocenters. The van der Waals surface area contributed by atoms with Crippen molar-refractivity contribution < 1.29 is 4.42 Å². The molecule has 0 saturated carbocycles. The lowest BCUT2D eigenvalue weighted by molar-refractivity contribution is 0.660. The van der Waals surface area contributed by atoms with Gasteiger partial charge in [0.05, 0.1) is 16.8 Å². The minimum Gasteiger partial charge on any atom is -0.456 e. The van der Waals surface area contributed by atoms with Crippen molar-refractivity contribution >= 4 is 56.1 Å². The van der Waals surface area contributed by atoms with Gasteiger partial charge in [0.15, 0.2) is 0 Å². The summed E-state index contributed by atoms with van der Waals surface area (Å²) in [5.41, 5.74) is 22.4. The van der Waals surface area contributed by atoms with E-state index in [2.05, 4.69) is 285 Å². The second-order valence-electron chi connectivity index (χ2n) is 20.0. The molecular weight excluding hydrogens is 885 g/mol. The average Bonchev–Trinajstić information content (AvgIpc) is 4.06. The highest BCUT2D eigenvalue weighted by Crippen LogP contribution is 2.58. The van der Waals surface area contributed by atoms with Gasteiger partial charge in [-0.25, -0.2) is 0 Å². The van der Waals surface area contributed by atoms with Crippen LogP contribution in [0.1, 0.15) is 47.2 Å². The molecule has 2 aliphatic carbocycles. The summed E-state index contributed by atoms with van der Waals surface area (Å²) in [5.74, 6) is 0. The Labute approximate surface area is 426 Å². The lowest BCUT2D eigenvalue weighted by Crippen LogP contribution is -2.28. The van der Waals surface area contributed by atoms with E-state index in [1.54, 1.807) is 0 Å². The molecule has 12 aromatic rings. The lowest BCUT2D eigenvalue weighted by atomic mass is 9.67. The van der Waals surface area contributed by atoms with Crippen molar-refractivity contribution in [2.24, 2.45) is 0 Å². The van der Waals surface area contributed by atoms with Crippen LogP contribution in [0.2, 0.25) is 0 Å². The summed E-state index contributed by atoms with van der Waals surface area (Å²) in [4.78, 5) is 4.94. The van der Waals surface area contributed by atoms with E-state index in [4.69, 9.17) is 4.42 Å². The molecule has 3 nitrogen and oxygen atoms in total. The number of nitrogens with zero attached hydrogens (tertiary/aromatic N) is 2. The molecule has 0 radical (unpaired) electrons. The quantitative estimate of drug-likeness (QED) is 0.144. The number of rotatable bonds is 9. The molecule has 0 atom stereocenters. The fourth-order valence-electron chi connectivity index (χ4n) is 12.5. The van der Waals surface area contributed by atoms with E-state index in [-0.39, 0.29) is 5.41 Å². The van der Waals surface area contributed by atoms with Crippen LogP contribution < -0.4 is 9.80 Å². The zero-order valence-corrected chi connectivity index (χ0v) is 40.7. The molecule has 0 N–H and O–H groups in total. The Bertz CT molecular complexity index is 4050. The number of hydrogen-bond donors (Lipinski definition) is 0. The van der Waals surface area contributed by atoms with Crippen LogP contribution in [-0.2, 0) is 10.8 Å². The van der Waals surface area contributed by atoms with E-state index in [0.717, 1.165) is 67.2 Å². The van der Waals surface area contributed by atoms with Gasteiger partial charge in [-0.2, -0.15) is 0 Å². The van der Waals surface area contributed by atoms with Crippen LogP contribution in [0, 0.1) is 0 Å². The lowest BCUT2D eigenvalue weighted by Gasteiger charge is -2.35. The van der Waals surface area contributed by atoms with Gasteiger partial charge in [0.2, 0.25) is 0 Å². The molecule has 0 fully saturated rings. The van der Waals surface area contributed by atoms with Crippen LogP contribution >= 0.6 is 0 Å². The molecule has 3 heteroatoms. The summed E-state index contributed by atoms with van der Waals surface area (Å²) in [7, 11) is 0. The van der Waals surface area contributed by atoms with Crippen LogP contribution in [0.15, 0.2) is 271 Å². The predicted molar refractivity (Wildman–Crippen MR) is 303 cm³/mol. The largest absolute Gasteiger partial charge is 0.456 e.